The molecule has 14 rings (SSSR count). The maximum absolute atomic E-state index is 12.8. The van der Waals surface area contributed by atoms with E-state index in [1.807, 2.05) is 182 Å². The predicted molar refractivity (Wildman–Crippen MR) is 401 cm³/mol. The van der Waals surface area contributed by atoms with E-state index in [0.29, 0.717) is 44.3 Å². The van der Waals surface area contributed by atoms with Gasteiger partial charge in [0.1, 0.15) is 36.5 Å². The van der Waals surface area contributed by atoms with Gasteiger partial charge in [0.2, 0.25) is 5.69 Å². The molecule has 0 radical (unpaired) electrons. The standard InChI is InChI=1S/C41H25N3O.C24H19NO2.C21H19N2O3P/c1-43-41-37-11-5-4-10-35(37)39(26-42)36-24-19-29(25-38(36)41)14-13-28-15-20-32(21-16-28)44(33-22-17-30(27-45)18-23-33)40-12-6-8-31-7-2-3-9-34(31)40;1-27-22-15-13-21(14-16-22)25(20-11-9-18(17-26)10-12-20)24-8-4-6-19-5-2-3-7-23(19)24;1-3-25-27(24,26-4-2)14-15-9-10-18-19(11-15)21(13-23)17-8-6-5-7-16(17)20(18)12-22/h2-25,27H;2-17H,1H3;5-11H,3-4,14H2,1-2H3. The smallest absolute Gasteiger partial charge is 0.335 e. The summed E-state index contributed by atoms with van der Waals surface area (Å²) in [5.41, 5.74) is 12.3. The minimum atomic E-state index is -3.26. The van der Waals surface area contributed by atoms with Gasteiger partial charge in [-0.1, -0.05) is 176 Å². The first kappa shape index (κ1) is 66.3. The highest BCUT2D eigenvalue weighted by atomic mass is 31.2. The first-order valence-electron chi connectivity index (χ1n) is 32.0. The van der Waals surface area contributed by atoms with Gasteiger partial charge in [-0.05, 0) is 166 Å². The van der Waals surface area contributed by atoms with Crippen LogP contribution in [0.3, 0.4) is 0 Å². The highest BCUT2D eigenvalue weighted by molar-refractivity contribution is 7.53. The number of fused-ring (bicyclic) bond motifs is 6. The summed E-state index contributed by atoms with van der Waals surface area (Å²) in [5, 5.41) is 40.0. The van der Waals surface area contributed by atoms with Gasteiger partial charge in [0.05, 0.1) is 61.1 Å². The number of methoxy groups -OCH3 is 1. The molecule has 0 amide bonds. The van der Waals surface area contributed by atoms with Crippen LogP contribution in [0, 0.1) is 40.6 Å². The molecule has 0 aliphatic carbocycles. The van der Waals surface area contributed by atoms with E-state index in [-0.39, 0.29) is 19.4 Å². The van der Waals surface area contributed by atoms with Crippen molar-refractivity contribution in [2.24, 2.45) is 0 Å². The maximum Gasteiger partial charge on any atom is 0.335 e. The van der Waals surface area contributed by atoms with Crippen LogP contribution in [0.5, 0.6) is 5.75 Å². The van der Waals surface area contributed by atoms with Crippen molar-refractivity contribution in [3.05, 3.63) is 323 Å². The van der Waals surface area contributed by atoms with Crippen molar-refractivity contribution in [2.45, 2.75) is 20.0 Å². The molecule has 12 nitrogen and oxygen atoms in total. The zero-order valence-corrected chi connectivity index (χ0v) is 55.3. The highest BCUT2D eigenvalue weighted by Crippen LogP contribution is 2.52. The number of nitrogens with zero attached hydrogens (tertiary/aromatic N) is 6. The third-order valence-corrected chi connectivity index (χ3v) is 19.2. The lowest BCUT2D eigenvalue weighted by Crippen LogP contribution is -2.10. The average molecular weight is 1310 g/mol. The summed E-state index contributed by atoms with van der Waals surface area (Å²) in [6.45, 7) is 12.0. The number of benzene rings is 14. The van der Waals surface area contributed by atoms with Crippen molar-refractivity contribution in [1.82, 2.24) is 0 Å². The molecular weight excluding hydrogens is 1240 g/mol. The van der Waals surface area contributed by atoms with Crippen LogP contribution in [0.25, 0.3) is 81.6 Å². The molecule has 0 heterocycles. The van der Waals surface area contributed by atoms with Gasteiger partial charge in [-0.15, -0.1) is 0 Å². The molecule has 0 aromatic heterocycles. The zero-order chi connectivity index (χ0) is 68.8. The first-order chi connectivity index (χ1) is 48.5. The van der Waals surface area contributed by atoms with E-state index in [1.54, 1.807) is 27.0 Å². The summed E-state index contributed by atoms with van der Waals surface area (Å²) in [6.07, 6.45) is 5.92. The molecule has 0 bridgehead atoms. The van der Waals surface area contributed by atoms with Crippen molar-refractivity contribution in [1.29, 1.82) is 15.8 Å². The fourth-order valence-electron chi connectivity index (χ4n) is 12.6. The van der Waals surface area contributed by atoms with Gasteiger partial charge in [-0.3, -0.25) is 14.2 Å². The van der Waals surface area contributed by atoms with E-state index < -0.39 is 7.60 Å². The summed E-state index contributed by atoms with van der Waals surface area (Å²) < 4.78 is 28.9. The second-order valence-electron chi connectivity index (χ2n) is 23.0. The van der Waals surface area contributed by atoms with Gasteiger partial charge >= 0.3 is 7.60 Å². The van der Waals surface area contributed by atoms with Crippen molar-refractivity contribution < 1.29 is 27.9 Å². The number of nitriles is 3. The lowest BCUT2D eigenvalue weighted by Gasteiger charge is -2.27. The minimum absolute atomic E-state index is 0.115. The van der Waals surface area contributed by atoms with Gasteiger partial charge < -0.3 is 23.6 Å². The average Bonchev–Trinajstić information content (AvgIpc) is 0.760. The fourth-order valence-corrected chi connectivity index (χ4v) is 14.2. The maximum atomic E-state index is 12.8. The minimum Gasteiger partial charge on any atom is -0.497 e. The van der Waals surface area contributed by atoms with Crippen molar-refractivity contribution in [3.8, 4) is 24.0 Å². The Morgan fingerprint density at radius 1 is 0.414 bits per heavy atom. The van der Waals surface area contributed by atoms with Gasteiger partial charge in [0, 0.05) is 66.2 Å². The Kier molecular flexibility index (Phi) is 20.3. The van der Waals surface area contributed by atoms with Crippen molar-refractivity contribution >= 4 is 137 Å². The lowest BCUT2D eigenvalue weighted by molar-refractivity contribution is 0.111. The van der Waals surface area contributed by atoms with Crippen LogP contribution in [-0.2, 0) is 19.8 Å². The van der Waals surface area contributed by atoms with Crippen LogP contribution in [0.15, 0.2) is 267 Å². The first-order valence-corrected chi connectivity index (χ1v) is 33.8. The van der Waals surface area contributed by atoms with Gasteiger partial charge in [0.25, 0.3) is 0 Å². The quantitative estimate of drug-likeness (QED) is 0.0280. The Bertz CT molecular complexity index is 5610. The lowest BCUT2D eigenvalue weighted by atomic mass is 9.92. The second-order valence-corrected chi connectivity index (χ2v) is 25.1. The molecule has 0 fully saturated rings. The number of anilines is 6. The molecule has 14 aromatic carbocycles. The number of carbonyl (C=O) groups is 2. The SMILES string of the molecule is CCOP(=O)(Cc1ccc2c(C#N)c3ccccc3c(C#N)c2c1)OCC.COc1ccc(N(c2ccc(C=O)cc2)c2cccc3ccccc23)cc1.[C-]#[N+]c1c2ccccc2c(C#N)c2ccc(C=Cc3ccc(N(c4ccc(C=O)cc4)c4cccc5ccccc45)cc3)cc12. The van der Waals surface area contributed by atoms with Crippen molar-refractivity contribution in [3.63, 3.8) is 0 Å². The third kappa shape index (κ3) is 14.0. The van der Waals surface area contributed by atoms with Crippen LogP contribution < -0.4 is 14.5 Å². The number of carbonyl (C=O) groups excluding carboxylic acids is 2. The van der Waals surface area contributed by atoms with Crippen LogP contribution in [0.4, 0.5) is 39.8 Å². The van der Waals surface area contributed by atoms with Crippen LogP contribution in [-0.4, -0.2) is 32.9 Å². The number of hydrogen-bond donors (Lipinski definition) is 0. The van der Waals surface area contributed by atoms with Crippen molar-refractivity contribution in [2.75, 3.05) is 30.1 Å². The van der Waals surface area contributed by atoms with Crippen LogP contribution in [0.2, 0.25) is 0 Å². The monoisotopic (exact) mass is 1310 g/mol. The molecule has 99 heavy (non-hydrogen) atoms. The fraction of sp³-hybridized carbons (Fsp3) is 0.0698. The summed E-state index contributed by atoms with van der Waals surface area (Å²) in [5.74, 6) is 0.813. The van der Waals surface area contributed by atoms with Crippen LogP contribution >= 0.6 is 7.60 Å². The Hall–Kier alpha value is -12.8. The Labute approximate surface area is 574 Å². The number of ether oxygens (including phenoxy) is 1. The summed E-state index contributed by atoms with van der Waals surface area (Å²) in [6, 6.07) is 94.0. The molecule has 0 N–H and O–H groups in total. The molecule has 0 aliphatic heterocycles. The van der Waals surface area contributed by atoms with Gasteiger partial charge in [-0.25, -0.2) is 4.85 Å². The Morgan fingerprint density at radius 3 is 1.24 bits per heavy atom. The Balaban J connectivity index is 0.000000149. The molecule has 0 aliphatic rings. The van der Waals surface area contributed by atoms with E-state index in [9.17, 15) is 29.9 Å². The third-order valence-electron chi connectivity index (χ3n) is 17.1. The number of aldehydes is 2. The molecular formula is C86H63N6O6P. The largest absolute Gasteiger partial charge is 0.497 e. The molecule has 0 atom stereocenters. The summed E-state index contributed by atoms with van der Waals surface area (Å²) in [7, 11) is -1.60. The van der Waals surface area contributed by atoms with E-state index in [2.05, 4.69) is 124 Å². The van der Waals surface area contributed by atoms with E-state index in [4.69, 9.17) is 20.4 Å². The molecule has 13 heteroatoms. The Morgan fingerprint density at radius 2 is 0.788 bits per heavy atom. The number of hydrogen-bond acceptors (Lipinski definition) is 11. The van der Waals surface area contributed by atoms with E-state index >= 15 is 0 Å². The van der Waals surface area contributed by atoms with E-state index in [0.717, 1.165) is 118 Å². The molecule has 478 valence electrons. The second kappa shape index (κ2) is 30.3. The molecule has 0 saturated carbocycles. The zero-order valence-electron chi connectivity index (χ0n) is 54.4. The summed E-state index contributed by atoms with van der Waals surface area (Å²) in [4.78, 5) is 30.6. The molecule has 0 saturated heterocycles. The van der Waals surface area contributed by atoms with Gasteiger partial charge in [-0.2, -0.15) is 15.8 Å². The number of rotatable bonds is 17. The highest BCUT2D eigenvalue weighted by Gasteiger charge is 2.26. The van der Waals surface area contributed by atoms with Crippen LogP contribution in [0.1, 0.15) is 67.9 Å². The normalized spacial score (nSPS) is 11.0. The predicted octanol–water partition coefficient (Wildman–Crippen LogP) is 22.7. The molecule has 0 unspecified atom stereocenters. The molecule has 14 aromatic rings. The van der Waals surface area contributed by atoms with E-state index in [1.165, 1.54) is 5.39 Å². The topological polar surface area (TPSA) is 161 Å². The van der Waals surface area contributed by atoms with Gasteiger partial charge in [0.15, 0.2) is 0 Å². The molecule has 0 spiro atoms. The summed E-state index contributed by atoms with van der Waals surface area (Å²) >= 11 is 0.